The summed E-state index contributed by atoms with van der Waals surface area (Å²) in [5.74, 6) is 1.18. The topological polar surface area (TPSA) is 94.8 Å². The molecule has 2 aromatic carbocycles. The number of rotatable bonds is 7. The molecule has 27 heavy (non-hydrogen) atoms. The number of ether oxygens (including phenoxy) is 3. The number of amides is 1. The molecular weight excluding hydrogens is 350 g/mol. The lowest BCUT2D eigenvalue weighted by atomic mass is 10.3. The van der Waals surface area contributed by atoms with Gasteiger partial charge < -0.3 is 24.6 Å². The second kappa shape index (κ2) is 8.13. The summed E-state index contributed by atoms with van der Waals surface area (Å²) in [6, 6.07) is 13.2. The third-order valence-electron chi connectivity index (χ3n) is 3.70. The van der Waals surface area contributed by atoms with Gasteiger partial charge in [0.25, 0.3) is 5.91 Å². The highest BCUT2D eigenvalue weighted by molar-refractivity contribution is 6.02. The van der Waals surface area contributed by atoms with Crippen LogP contribution < -0.4 is 19.5 Å². The number of hydrogen-bond acceptors (Lipinski definition) is 6. The van der Waals surface area contributed by atoms with Gasteiger partial charge in [0, 0.05) is 18.0 Å². The number of phenolic OH excluding ortho intramolecular Hbond substituents is 1. The highest BCUT2D eigenvalue weighted by Gasteiger charge is 2.13. The SMILES string of the molecule is COc1cccc(OC)c1OCn1ccc(C(=O)Nc2cccc(O)c2)n1. The highest BCUT2D eigenvalue weighted by atomic mass is 16.5. The lowest BCUT2D eigenvalue weighted by Gasteiger charge is -2.13. The maximum absolute atomic E-state index is 12.3. The van der Waals surface area contributed by atoms with E-state index in [1.807, 2.05) is 0 Å². The van der Waals surface area contributed by atoms with E-state index in [0.29, 0.717) is 22.9 Å². The van der Waals surface area contributed by atoms with Crippen molar-refractivity contribution in [3.05, 3.63) is 60.4 Å². The summed E-state index contributed by atoms with van der Waals surface area (Å²) in [6.07, 6.45) is 1.62. The van der Waals surface area contributed by atoms with Crippen LogP contribution in [0.3, 0.4) is 0 Å². The quantitative estimate of drug-likeness (QED) is 0.665. The van der Waals surface area contributed by atoms with E-state index in [4.69, 9.17) is 14.2 Å². The summed E-state index contributed by atoms with van der Waals surface area (Å²) in [6.45, 7) is 0.0656. The minimum absolute atomic E-state index is 0.0656. The first-order valence-corrected chi connectivity index (χ1v) is 8.08. The van der Waals surface area contributed by atoms with E-state index in [-0.39, 0.29) is 18.2 Å². The van der Waals surface area contributed by atoms with Crippen LogP contribution in [-0.4, -0.2) is 35.0 Å². The normalized spacial score (nSPS) is 10.3. The smallest absolute Gasteiger partial charge is 0.276 e. The van der Waals surface area contributed by atoms with Crippen LogP contribution in [0.2, 0.25) is 0 Å². The Hall–Kier alpha value is -3.68. The van der Waals surface area contributed by atoms with Gasteiger partial charge >= 0.3 is 0 Å². The third kappa shape index (κ3) is 4.30. The number of nitrogens with one attached hydrogen (secondary N) is 1. The fraction of sp³-hybridized carbons (Fsp3) is 0.158. The van der Waals surface area contributed by atoms with Crippen LogP contribution >= 0.6 is 0 Å². The lowest BCUT2D eigenvalue weighted by Crippen LogP contribution is -2.14. The molecule has 0 spiro atoms. The van der Waals surface area contributed by atoms with Crippen molar-refractivity contribution in [2.75, 3.05) is 19.5 Å². The zero-order valence-electron chi connectivity index (χ0n) is 14.9. The van der Waals surface area contributed by atoms with Gasteiger partial charge in [0.2, 0.25) is 5.75 Å². The maximum atomic E-state index is 12.3. The van der Waals surface area contributed by atoms with Gasteiger partial charge in [0.15, 0.2) is 23.9 Å². The predicted octanol–water partition coefficient (Wildman–Crippen LogP) is 2.89. The molecule has 0 aliphatic rings. The van der Waals surface area contributed by atoms with Crippen molar-refractivity contribution in [2.45, 2.75) is 6.73 Å². The lowest BCUT2D eigenvalue weighted by molar-refractivity contribution is 0.102. The van der Waals surface area contributed by atoms with E-state index >= 15 is 0 Å². The first-order chi connectivity index (χ1) is 13.1. The molecular formula is C19H19N3O5. The molecule has 0 aliphatic carbocycles. The predicted molar refractivity (Wildman–Crippen MR) is 98.5 cm³/mol. The van der Waals surface area contributed by atoms with E-state index in [1.54, 1.807) is 56.8 Å². The molecule has 2 N–H and O–H groups in total. The molecule has 0 saturated heterocycles. The Kier molecular flexibility index (Phi) is 5.46. The zero-order chi connectivity index (χ0) is 19.2. The van der Waals surface area contributed by atoms with Gasteiger partial charge in [0.1, 0.15) is 5.75 Å². The molecule has 8 heteroatoms. The number of carbonyl (C=O) groups excluding carboxylic acids is 1. The Balaban J connectivity index is 1.67. The molecule has 1 aromatic heterocycles. The molecule has 0 atom stereocenters. The van der Waals surface area contributed by atoms with E-state index in [9.17, 15) is 9.90 Å². The van der Waals surface area contributed by atoms with Crippen molar-refractivity contribution >= 4 is 11.6 Å². The average molecular weight is 369 g/mol. The molecule has 0 bridgehead atoms. The monoisotopic (exact) mass is 369 g/mol. The van der Waals surface area contributed by atoms with Crippen LogP contribution in [0.1, 0.15) is 10.5 Å². The van der Waals surface area contributed by atoms with Crippen LogP contribution in [-0.2, 0) is 6.73 Å². The number of nitrogens with zero attached hydrogens (tertiary/aromatic N) is 2. The molecule has 140 valence electrons. The van der Waals surface area contributed by atoms with Crippen molar-refractivity contribution in [3.8, 4) is 23.0 Å². The molecule has 3 rings (SSSR count). The summed E-state index contributed by atoms with van der Waals surface area (Å²) in [5.41, 5.74) is 0.693. The number of aromatic hydroxyl groups is 1. The molecule has 8 nitrogen and oxygen atoms in total. The zero-order valence-corrected chi connectivity index (χ0v) is 14.9. The molecule has 1 amide bonds. The van der Waals surface area contributed by atoms with Gasteiger partial charge in [-0.1, -0.05) is 12.1 Å². The second-order valence-electron chi connectivity index (χ2n) is 5.51. The minimum atomic E-state index is -0.394. The molecule has 0 saturated carbocycles. The Morgan fingerprint density at radius 3 is 2.48 bits per heavy atom. The molecule has 1 heterocycles. The number of phenols is 1. The first kappa shape index (κ1) is 18.1. The van der Waals surface area contributed by atoms with Gasteiger partial charge in [-0.15, -0.1) is 0 Å². The number of anilines is 1. The van der Waals surface area contributed by atoms with Crippen molar-refractivity contribution in [1.82, 2.24) is 9.78 Å². The Morgan fingerprint density at radius 1 is 1.11 bits per heavy atom. The van der Waals surface area contributed by atoms with Crippen LogP contribution in [0.5, 0.6) is 23.0 Å². The number of carbonyl (C=O) groups is 1. The fourth-order valence-electron chi connectivity index (χ4n) is 2.42. The summed E-state index contributed by atoms with van der Waals surface area (Å²) in [4.78, 5) is 12.3. The van der Waals surface area contributed by atoms with Gasteiger partial charge in [-0.3, -0.25) is 4.79 Å². The van der Waals surface area contributed by atoms with Crippen LogP contribution in [0.15, 0.2) is 54.7 Å². The number of hydrogen-bond donors (Lipinski definition) is 2. The number of benzene rings is 2. The molecule has 0 radical (unpaired) electrons. The minimum Gasteiger partial charge on any atom is -0.508 e. The van der Waals surface area contributed by atoms with Crippen LogP contribution in [0, 0.1) is 0 Å². The Labute approximate surface area is 155 Å². The molecule has 0 aliphatic heterocycles. The van der Waals surface area contributed by atoms with Crippen LogP contribution in [0.4, 0.5) is 5.69 Å². The summed E-state index contributed by atoms with van der Waals surface area (Å²) < 4.78 is 17.8. The number of methoxy groups -OCH3 is 2. The largest absolute Gasteiger partial charge is 0.508 e. The molecule has 0 unspecified atom stereocenters. The first-order valence-electron chi connectivity index (χ1n) is 8.08. The fourth-order valence-corrected chi connectivity index (χ4v) is 2.42. The van der Waals surface area contributed by atoms with Gasteiger partial charge in [-0.2, -0.15) is 5.10 Å². The summed E-state index contributed by atoms with van der Waals surface area (Å²) >= 11 is 0. The van der Waals surface area contributed by atoms with E-state index in [0.717, 1.165) is 0 Å². The standard InChI is InChI=1S/C19H19N3O5/c1-25-16-7-4-8-17(26-2)18(16)27-12-22-10-9-15(21-22)19(24)20-13-5-3-6-14(23)11-13/h3-11,23H,12H2,1-2H3,(H,20,24). The summed E-state index contributed by atoms with van der Waals surface area (Å²) in [5, 5.41) is 16.3. The van der Waals surface area contributed by atoms with Crippen molar-refractivity contribution in [2.24, 2.45) is 0 Å². The Morgan fingerprint density at radius 2 is 1.81 bits per heavy atom. The number of para-hydroxylation sites is 1. The van der Waals surface area contributed by atoms with E-state index < -0.39 is 5.91 Å². The van der Waals surface area contributed by atoms with Gasteiger partial charge in [-0.25, -0.2) is 4.68 Å². The third-order valence-corrected chi connectivity index (χ3v) is 3.70. The van der Waals surface area contributed by atoms with Crippen molar-refractivity contribution in [3.63, 3.8) is 0 Å². The van der Waals surface area contributed by atoms with Gasteiger partial charge in [-0.05, 0) is 30.3 Å². The van der Waals surface area contributed by atoms with Crippen molar-refractivity contribution < 1.29 is 24.1 Å². The molecule has 3 aromatic rings. The average Bonchev–Trinajstić information content (AvgIpc) is 3.15. The van der Waals surface area contributed by atoms with Gasteiger partial charge in [0.05, 0.1) is 14.2 Å². The van der Waals surface area contributed by atoms with Crippen LogP contribution in [0.25, 0.3) is 0 Å². The highest BCUT2D eigenvalue weighted by Crippen LogP contribution is 2.36. The summed E-state index contributed by atoms with van der Waals surface area (Å²) in [7, 11) is 3.08. The van der Waals surface area contributed by atoms with E-state index in [1.165, 1.54) is 16.8 Å². The molecule has 0 fully saturated rings. The number of aromatic nitrogens is 2. The second-order valence-corrected chi connectivity index (χ2v) is 5.51. The van der Waals surface area contributed by atoms with Crippen molar-refractivity contribution in [1.29, 1.82) is 0 Å². The van der Waals surface area contributed by atoms with E-state index in [2.05, 4.69) is 10.4 Å². The Bertz CT molecular complexity index is 916. The maximum Gasteiger partial charge on any atom is 0.276 e.